The Labute approximate surface area is 164 Å². The van der Waals surface area contributed by atoms with Gasteiger partial charge in [0.15, 0.2) is 5.76 Å². The number of benzene rings is 2. The van der Waals surface area contributed by atoms with Crippen LogP contribution in [0.3, 0.4) is 0 Å². The van der Waals surface area contributed by atoms with E-state index in [1.165, 1.54) is 16.7 Å². The van der Waals surface area contributed by atoms with Crippen molar-refractivity contribution in [2.75, 3.05) is 13.1 Å². The standard InChI is InChI=1S/C23H23N3O2/c27-23(21-7-4-14-28-21)26-13-12-20-19(15-26)22(25-24-20)18-10-8-17(9-11-18)16-5-2-1-3-6-16/h1-11,14,19-20,22,24-25H,12-13,15H2. The summed E-state index contributed by atoms with van der Waals surface area (Å²) in [6.45, 7) is 1.46. The molecular weight excluding hydrogens is 350 g/mol. The lowest BCUT2D eigenvalue weighted by Crippen LogP contribution is -2.47. The van der Waals surface area contributed by atoms with Crippen LogP contribution in [-0.2, 0) is 0 Å². The van der Waals surface area contributed by atoms with Gasteiger partial charge in [0.2, 0.25) is 0 Å². The van der Waals surface area contributed by atoms with Gasteiger partial charge < -0.3 is 9.32 Å². The van der Waals surface area contributed by atoms with Crippen LogP contribution in [0.1, 0.15) is 28.6 Å². The molecule has 2 fully saturated rings. The molecule has 2 saturated heterocycles. The molecule has 0 saturated carbocycles. The molecule has 0 bridgehead atoms. The van der Waals surface area contributed by atoms with Gasteiger partial charge in [-0.25, -0.2) is 5.43 Å². The van der Waals surface area contributed by atoms with Gasteiger partial charge in [-0.3, -0.25) is 10.2 Å². The van der Waals surface area contributed by atoms with E-state index in [-0.39, 0.29) is 11.9 Å². The lowest BCUT2D eigenvalue weighted by atomic mass is 9.84. The predicted molar refractivity (Wildman–Crippen MR) is 107 cm³/mol. The second kappa shape index (κ2) is 7.26. The van der Waals surface area contributed by atoms with Gasteiger partial charge in [0.1, 0.15) is 0 Å². The Morgan fingerprint density at radius 2 is 1.71 bits per heavy atom. The topological polar surface area (TPSA) is 57.5 Å². The van der Waals surface area contributed by atoms with Crippen LogP contribution in [0.2, 0.25) is 0 Å². The van der Waals surface area contributed by atoms with Crippen molar-refractivity contribution in [2.45, 2.75) is 18.5 Å². The molecule has 5 rings (SSSR count). The number of carbonyl (C=O) groups excluding carboxylic acids is 1. The fourth-order valence-electron chi connectivity index (χ4n) is 4.39. The van der Waals surface area contributed by atoms with Crippen molar-refractivity contribution in [2.24, 2.45) is 5.92 Å². The molecule has 28 heavy (non-hydrogen) atoms. The number of hydrogen-bond donors (Lipinski definition) is 2. The molecule has 5 nitrogen and oxygen atoms in total. The number of nitrogens with one attached hydrogen (secondary N) is 2. The number of nitrogens with zero attached hydrogens (tertiary/aromatic N) is 1. The van der Waals surface area contributed by atoms with E-state index in [2.05, 4.69) is 59.4 Å². The third kappa shape index (κ3) is 3.13. The molecule has 3 unspecified atom stereocenters. The summed E-state index contributed by atoms with van der Waals surface area (Å²) in [6.07, 6.45) is 2.48. The molecule has 0 radical (unpaired) electrons. The second-order valence-corrected chi connectivity index (χ2v) is 7.54. The molecule has 0 spiro atoms. The summed E-state index contributed by atoms with van der Waals surface area (Å²) in [4.78, 5) is 14.6. The van der Waals surface area contributed by atoms with Gasteiger partial charge in [0.05, 0.1) is 12.3 Å². The van der Waals surface area contributed by atoms with Crippen molar-refractivity contribution in [3.05, 3.63) is 84.3 Å². The quantitative estimate of drug-likeness (QED) is 0.736. The van der Waals surface area contributed by atoms with Gasteiger partial charge in [-0.05, 0) is 35.2 Å². The maximum atomic E-state index is 12.7. The van der Waals surface area contributed by atoms with E-state index >= 15 is 0 Å². The van der Waals surface area contributed by atoms with E-state index in [0.717, 1.165) is 19.5 Å². The maximum Gasteiger partial charge on any atom is 0.289 e. The monoisotopic (exact) mass is 373 g/mol. The highest BCUT2D eigenvalue weighted by Crippen LogP contribution is 2.35. The minimum atomic E-state index is -0.0199. The van der Waals surface area contributed by atoms with Crippen molar-refractivity contribution in [3.8, 4) is 11.1 Å². The first-order valence-corrected chi connectivity index (χ1v) is 9.79. The molecule has 1 aromatic heterocycles. The van der Waals surface area contributed by atoms with Gasteiger partial charge in [-0.2, -0.15) is 0 Å². The lowest BCUT2D eigenvalue weighted by Gasteiger charge is -2.35. The Balaban J connectivity index is 1.34. The average molecular weight is 373 g/mol. The first-order chi connectivity index (χ1) is 13.8. The van der Waals surface area contributed by atoms with Crippen molar-refractivity contribution in [3.63, 3.8) is 0 Å². The van der Waals surface area contributed by atoms with Crippen LogP contribution in [0.5, 0.6) is 0 Å². The number of carbonyl (C=O) groups is 1. The van der Waals surface area contributed by atoms with Crippen molar-refractivity contribution in [1.29, 1.82) is 0 Å². The molecule has 0 aliphatic carbocycles. The Morgan fingerprint density at radius 3 is 2.46 bits per heavy atom. The highest BCUT2D eigenvalue weighted by Gasteiger charge is 2.41. The van der Waals surface area contributed by atoms with E-state index in [9.17, 15) is 4.79 Å². The lowest BCUT2D eigenvalue weighted by molar-refractivity contribution is 0.0620. The van der Waals surface area contributed by atoms with Crippen LogP contribution in [0.15, 0.2) is 77.4 Å². The molecule has 142 valence electrons. The zero-order chi connectivity index (χ0) is 18.9. The molecule has 5 heteroatoms. The minimum Gasteiger partial charge on any atom is -0.459 e. The van der Waals surface area contributed by atoms with E-state index in [0.29, 0.717) is 17.7 Å². The van der Waals surface area contributed by atoms with Gasteiger partial charge in [0.25, 0.3) is 5.91 Å². The first-order valence-electron chi connectivity index (χ1n) is 9.79. The summed E-state index contributed by atoms with van der Waals surface area (Å²) in [6, 6.07) is 23.2. The van der Waals surface area contributed by atoms with Gasteiger partial charge in [-0.1, -0.05) is 54.6 Å². The number of rotatable bonds is 3. The van der Waals surface area contributed by atoms with Crippen LogP contribution in [0.4, 0.5) is 0 Å². The van der Waals surface area contributed by atoms with E-state index in [1.807, 2.05) is 11.0 Å². The zero-order valence-corrected chi connectivity index (χ0v) is 15.5. The van der Waals surface area contributed by atoms with E-state index in [1.54, 1.807) is 18.4 Å². The van der Waals surface area contributed by atoms with Crippen LogP contribution in [-0.4, -0.2) is 29.9 Å². The number of piperidine rings is 1. The van der Waals surface area contributed by atoms with Gasteiger partial charge >= 0.3 is 0 Å². The highest BCUT2D eigenvalue weighted by molar-refractivity contribution is 5.91. The number of amides is 1. The smallest absolute Gasteiger partial charge is 0.289 e. The fraction of sp³-hybridized carbons (Fsp3) is 0.261. The molecule has 2 aromatic carbocycles. The Kier molecular flexibility index (Phi) is 4.47. The summed E-state index contributed by atoms with van der Waals surface area (Å²) >= 11 is 0. The normalized spacial score (nSPS) is 24.1. The average Bonchev–Trinajstić information content (AvgIpc) is 3.44. The summed E-state index contributed by atoms with van der Waals surface area (Å²) in [7, 11) is 0. The number of fused-ring (bicyclic) bond motifs is 1. The maximum absolute atomic E-state index is 12.7. The number of hydrazine groups is 1. The molecule has 3 aromatic rings. The number of hydrogen-bond acceptors (Lipinski definition) is 4. The van der Waals surface area contributed by atoms with Crippen molar-refractivity contribution < 1.29 is 9.21 Å². The van der Waals surface area contributed by atoms with Crippen LogP contribution < -0.4 is 10.9 Å². The molecule has 2 aliphatic rings. The fourth-order valence-corrected chi connectivity index (χ4v) is 4.39. The predicted octanol–water partition coefficient (Wildman–Crippen LogP) is 3.63. The summed E-state index contributed by atoms with van der Waals surface area (Å²) in [5.41, 5.74) is 10.6. The molecule has 1 amide bonds. The third-order valence-electron chi connectivity index (χ3n) is 5.91. The second-order valence-electron chi connectivity index (χ2n) is 7.54. The number of likely N-dealkylation sites (tertiary alicyclic amines) is 1. The molecular formula is C23H23N3O2. The molecule has 3 heterocycles. The molecule has 2 N–H and O–H groups in total. The van der Waals surface area contributed by atoms with E-state index < -0.39 is 0 Å². The number of furan rings is 1. The van der Waals surface area contributed by atoms with Crippen molar-refractivity contribution in [1.82, 2.24) is 15.8 Å². The Hall–Kier alpha value is -2.89. The molecule has 3 atom stereocenters. The summed E-state index contributed by atoms with van der Waals surface area (Å²) < 4.78 is 5.30. The SMILES string of the molecule is O=C(c1ccco1)N1CCC2NNC(c3ccc(-c4ccccc4)cc3)C2C1. The summed E-state index contributed by atoms with van der Waals surface area (Å²) in [5, 5.41) is 0. The Morgan fingerprint density at radius 1 is 0.929 bits per heavy atom. The molecule has 2 aliphatic heterocycles. The van der Waals surface area contributed by atoms with Crippen molar-refractivity contribution >= 4 is 5.91 Å². The van der Waals surface area contributed by atoms with Crippen LogP contribution in [0.25, 0.3) is 11.1 Å². The zero-order valence-electron chi connectivity index (χ0n) is 15.5. The van der Waals surface area contributed by atoms with Gasteiger partial charge in [0, 0.05) is 25.0 Å². The Bertz CT molecular complexity index is 938. The van der Waals surface area contributed by atoms with E-state index in [4.69, 9.17) is 4.42 Å². The highest BCUT2D eigenvalue weighted by atomic mass is 16.3. The van der Waals surface area contributed by atoms with Crippen LogP contribution >= 0.6 is 0 Å². The minimum absolute atomic E-state index is 0.0199. The third-order valence-corrected chi connectivity index (χ3v) is 5.91. The summed E-state index contributed by atoms with van der Waals surface area (Å²) in [5.74, 6) is 0.727. The van der Waals surface area contributed by atoms with Crippen LogP contribution in [0, 0.1) is 5.92 Å². The largest absolute Gasteiger partial charge is 0.459 e. The van der Waals surface area contributed by atoms with Gasteiger partial charge in [-0.15, -0.1) is 0 Å². The first kappa shape index (κ1) is 17.2.